The summed E-state index contributed by atoms with van der Waals surface area (Å²) >= 11 is 0. The number of hydrogen-bond donors (Lipinski definition) is 2. The molecule has 0 bridgehead atoms. The van der Waals surface area contributed by atoms with Crippen molar-refractivity contribution >= 4 is 27.8 Å². The second-order valence-electron chi connectivity index (χ2n) is 9.05. The lowest BCUT2D eigenvalue weighted by atomic mass is 10.1. The van der Waals surface area contributed by atoms with Crippen molar-refractivity contribution in [1.82, 2.24) is 29.6 Å². The van der Waals surface area contributed by atoms with E-state index in [1.54, 1.807) is 13.3 Å². The van der Waals surface area contributed by atoms with E-state index in [9.17, 15) is 0 Å². The van der Waals surface area contributed by atoms with Crippen LogP contribution in [0.5, 0.6) is 0 Å². The molecular weight excluding hydrogens is 414 g/mol. The summed E-state index contributed by atoms with van der Waals surface area (Å²) < 4.78 is 9.71. The van der Waals surface area contributed by atoms with Crippen LogP contribution in [0.4, 0.5) is 5.82 Å². The van der Waals surface area contributed by atoms with Crippen molar-refractivity contribution in [3.63, 3.8) is 0 Å². The minimum atomic E-state index is 0.218. The molecule has 4 heterocycles. The van der Waals surface area contributed by atoms with Gasteiger partial charge in [0.2, 0.25) is 0 Å². The van der Waals surface area contributed by atoms with E-state index in [-0.39, 0.29) is 6.04 Å². The zero-order valence-corrected chi connectivity index (χ0v) is 18.9. The molecule has 33 heavy (non-hydrogen) atoms. The number of imidazole rings is 1. The highest BCUT2D eigenvalue weighted by atomic mass is 16.5. The average molecular weight is 442 g/mol. The maximum absolute atomic E-state index is 6.26. The molecule has 8 nitrogen and oxygen atoms in total. The smallest absolute Gasteiger partial charge is 0.147 e. The number of rotatable bonds is 4. The van der Waals surface area contributed by atoms with Crippen LogP contribution in [0.1, 0.15) is 48.4 Å². The number of nitrogens with two attached hydrogens (primary N) is 1. The summed E-state index contributed by atoms with van der Waals surface area (Å²) in [6, 6.07) is 9.36. The molecule has 6 rings (SSSR count). The monoisotopic (exact) mass is 441 g/mol. The van der Waals surface area contributed by atoms with Gasteiger partial charge in [0.05, 0.1) is 34.6 Å². The van der Waals surface area contributed by atoms with E-state index in [2.05, 4.69) is 51.8 Å². The van der Waals surface area contributed by atoms with E-state index < -0.39 is 0 Å². The number of anilines is 1. The van der Waals surface area contributed by atoms with Gasteiger partial charge in [-0.25, -0.2) is 9.97 Å². The third-order valence-corrected chi connectivity index (χ3v) is 6.67. The number of benzene rings is 1. The Kier molecular flexibility index (Phi) is 4.82. The molecule has 1 aliphatic heterocycles. The number of hydrogen-bond acceptors (Lipinski definition) is 6. The molecule has 2 atom stereocenters. The van der Waals surface area contributed by atoms with Gasteiger partial charge in [0.15, 0.2) is 0 Å². The summed E-state index contributed by atoms with van der Waals surface area (Å²) in [5.74, 6) is 8.07. The van der Waals surface area contributed by atoms with Gasteiger partial charge in [-0.1, -0.05) is 5.92 Å². The van der Waals surface area contributed by atoms with Crippen molar-refractivity contribution in [1.29, 1.82) is 0 Å². The number of nitrogens with zero attached hydrogens (tertiary/aromatic N) is 5. The second-order valence-corrected chi connectivity index (χ2v) is 9.05. The van der Waals surface area contributed by atoms with Crippen LogP contribution in [-0.4, -0.2) is 50.6 Å². The fourth-order valence-electron chi connectivity index (χ4n) is 5.01. The summed E-state index contributed by atoms with van der Waals surface area (Å²) in [6.07, 6.45) is 5.15. The van der Waals surface area contributed by atoms with Gasteiger partial charge >= 0.3 is 0 Å². The molecule has 1 aliphatic carbocycles. The lowest BCUT2D eigenvalue weighted by Crippen LogP contribution is -2.25. The van der Waals surface area contributed by atoms with Gasteiger partial charge in [0, 0.05) is 37.5 Å². The Labute approximate surface area is 192 Å². The summed E-state index contributed by atoms with van der Waals surface area (Å²) in [5.41, 5.74) is 11.0. The number of pyridine rings is 1. The van der Waals surface area contributed by atoms with E-state index in [0.29, 0.717) is 30.2 Å². The topological polar surface area (TPSA) is 95.8 Å². The highest BCUT2D eigenvalue weighted by molar-refractivity contribution is 5.93. The van der Waals surface area contributed by atoms with Crippen molar-refractivity contribution in [2.45, 2.75) is 44.3 Å². The molecule has 168 valence electrons. The number of aromatic nitrogens is 5. The van der Waals surface area contributed by atoms with Crippen LogP contribution in [-0.2, 0) is 4.74 Å². The molecule has 0 amide bonds. The van der Waals surface area contributed by atoms with Gasteiger partial charge < -0.3 is 20.4 Å². The van der Waals surface area contributed by atoms with Crippen molar-refractivity contribution in [2.24, 2.45) is 0 Å². The molecule has 1 aromatic carbocycles. The molecule has 3 N–H and O–H groups in total. The maximum atomic E-state index is 6.26. The number of nitrogens with one attached hydrogen (secondary N) is 1. The van der Waals surface area contributed by atoms with Crippen molar-refractivity contribution in [2.75, 3.05) is 26.0 Å². The standard InChI is InChI=1S/C25H27N7O/c1-15-29-21-11-16(4-8-22(21)31(15)18-5-6-18)3-7-20-24-23(9-10-27-25(24)26)32(30-20)19-12-17(14-33-2)28-13-19/h4,8-11,17-19,28H,5-6,12-14H2,1-2H3,(H2,26,27)/t17-,19?/m1/s1. The molecular formula is C25H27N7O. The number of ether oxygens (including phenoxy) is 1. The molecule has 2 aliphatic rings. The summed E-state index contributed by atoms with van der Waals surface area (Å²) in [5, 5.41) is 9.20. The first-order chi connectivity index (χ1) is 16.1. The first-order valence-corrected chi connectivity index (χ1v) is 11.5. The van der Waals surface area contributed by atoms with Crippen molar-refractivity contribution in [3.8, 4) is 11.8 Å². The highest BCUT2D eigenvalue weighted by Crippen LogP contribution is 2.38. The Morgan fingerprint density at radius 1 is 1.18 bits per heavy atom. The lowest BCUT2D eigenvalue weighted by molar-refractivity contribution is 0.172. The van der Waals surface area contributed by atoms with Crippen LogP contribution in [0.25, 0.3) is 21.9 Å². The van der Waals surface area contributed by atoms with Gasteiger partial charge in [-0.05, 0) is 56.4 Å². The van der Waals surface area contributed by atoms with Crippen LogP contribution in [0.2, 0.25) is 0 Å². The average Bonchev–Trinajstić information content (AvgIpc) is 3.25. The van der Waals surface area contributed by atoms with Crippen molar-refractivity contribution < 1.29 is 4.74 Å². The van der Waals surface area contributed by atoms with E-state index in [0.717, 1.165) is 40.8 Å². The Morgan fingerprint density at radius 3 is 2.88 bits per heavy atom. The molecule has 0 spiro atoms. The van der Waals surface area contributed by atoms with Gasteiger partial charge in [-0.15, -0.1) is 0 Å². The fraction of sp³-hybridized carbons (Fsp3) is 0.400. The molecule has 4 aromatic rings. The molecule has 2 fully saturated rings. The first kappa shape index (κ1) is 20.2. The first-order valence-electron chi connectivity index (χ1n) is 11.5. The maximum Gasteiger partial charge on any atom is 0.147 e. The van der Waals surface area contributed by atoms with Gasteiger partial charge in [-0.2, -0.15) is 5.10 Å². The van der Waals surface area contributed by atoms with E-state index in [1.165, 1.54) is 18.4 Å². The summed E-state index contributed by atoms with van der Waals surface area (Å²) in [7, 11) is 1.73. The molecule has 0 radical (unpaired) electrons. The van der Waals surface area contributed by atoms with Crippen molar-refractivity contribution in [3.05, 3.63) is 47.5 Å². The molecule has 1 saturated carbocycles. The second kappa shape index (κ2) is 7.87. The zero-order chi connectivity index (χ0) is 22.5. The predicted molar refractivity (Wildman–Crippen MR) is 128 cm³/mol. The van der Waals surface area contributed by atoms with Gasteiger partial charge in [0.25, 0.3) is 0 Å². The van der Waals surface area contributed by atoms with Gasteiger partial charge in [-0.3, -0.25) is 4.68 Å². The van der Waals surface area contributed by atoms with Crippen LogP contribution in [0.15, 0.2) is 30.5 Å². The molecule has 3 aromatic heterocycles. The fourth-order valence-corrected chi connectivity index (χ4v) is 5.01. The minimum Gasteiger partial charge on any atom is -0.383 e. The third kappa shape index (κ3) is 3.54. The van der Waals surface area contributed by atoms with Crippen LogP contribution < -0.4 is 11.1 Å². The van der Waals surface area contributed by atoms with Crippen LogP contribution in [0, 0.1) is 18.8 Å². The minimum absolute atomic E-state index is 0.218. The molecule has 1 unspecified atom stereocenters. The number of fused-ring (bicyclic) bond motifs is 2. The molecule has 8 heteroatoms. The summed E-state index contributed by atoms with van der Waals surface area (Å²) in [6.45, 7) is 3.59. The van der Waals surface area contributed by atoms with E-state index >= 15 is 0 Å². The lowest BCUT2D eigenvalue weighted by Gasteiger charge is -2.11. The Bertz CT molecular complexity index is 1420. The molecule has 1 saturated heterocycles. The largest absolute Gasteiger partial charge is 0.383 e. The SMILES string of the molecule is COC[C@H]1CC(n2nc(C#Cc3ccc4c(c3)nc(C)n4C3CC3)c3c(N)nccc32)CN1. The Hall–Kier alpha value is -3.41. The Balaban J connectivity index is 1.37. The number of nitrogen functional groups attached to an aromatic ring is 1. The van der Waals surface area contributed by atoms with Crippen LogP contribution in [0.3, 0.4) is 0 Å². The number of aryl methyl sites for hydroxylation is 1. The number of methoxy groups -OCH3 is 1. The predicted octanol–water partition coefficient (Wildman–Crippen LogP) is 2.96. The van der Waals surface area contributed by atoms with E-state index in [4.69, 9.17) is 20.6 Å². The normalized spacial score (nSPS) is 20.4. The quantitative estimate of drug-likeness (QED) is 0.473. The highest BCUT2D eigenvalue weighted by Gasteiger charge is 2.28. The zero-order valence-electron chi connectivity index (χ0n) is 18.9. The third-order valence-electron chi connectivity index (χ3n) is 6.67. The van der Waals surface area contributed by atoms with Crippen LogP contribution >= 0.6 is 0 Å². The van der Waals surface area contributed by atoms with Gasteiger partial charge in [0.1, 0.15) is 17.3 Å². The summed E-state index contributed by atoms with van der Waals surface area (Å²) in [4.78, 5) is 9.05. The van der Waals surface area contributed by atoms with E-state index in [1.807, 2.05) is 10.7 Å². The Morgan fingerprint density at radius 2 is 2.06 bits per heavy atom.